The number of nitrogens with two attached hydrogens (primary N) is 1. The van der Waals surface area contributed by atoms with E-state index in [0.29, 0.717) is 12.2 Å². The van der Waals surface area contributed by atoms with Gasteiger partial charge in [0, 0.05) is 30.9 Å². The van der Waals surface area contributed by atoms with Crippen molar-refractivity contribution in [3.8, 4) is 5.69 Å². The monoisotopic (exact) mass is 367 g/mol. The normalized spacial score (nSPS) is 11.4. The molecule has 0 saturated carbocycles. The topological polar surface area (TPSA) is 116 Å². The van der Waals surface area contributed by atoms with Crippen LogP contribution < -0.4 is 11.1 Å². The van der Waals surface area contributed by atoms with Crippen LogP contribution >= 0.6 is 12.4 Å². The summed E-state index contributed by atoms with van der Waals surface area (Å²) in [7, 11) is 0. The molecule has 0 radical (unpaired) electrons. The van der Waals surface area contributed by atoms with E-state index in [4.69, 9.17) is 5.73 Å². The summed E-state index contributed by atoms with van der Waals surface area (Å²) < 4.78 is 1.44. The third-order valence-corrected chi connectivity index (χ3v) is 3.65. The second-order valence-corrected chi connectivity index (χ2v) is 5.47. The maximum Gasteiger partial charge on any atom is 0.272 e. The van der Waals surface area contributed by atoms with E-state index in [0.717, 1.165) is 19.3 Å². The second-order valence-electron chi connectivity index (χ2n) is 5.47. The fourth-order valence-electron chi connectivity index (χ4n) is 2.30. The summed E-state index contributed by atoms with van der Waals surface area (Å²) in [6.07, 6.45) is 4.44. The number of amides is 1. The Kier molecular flexibility index (Phi) is 8.03. The number of nitro benzene ring substituents is 1. The molecule has 0 bridgehead atoms. The van der Waals surface area contributed by atoms with Crippen molar-refractivity contribution < 1.29 is 9.72 Å². The second kappa shape index (κ2) is 9.75. The summed E-state index contributed by atoms with van der Waals surface area (Å²) in [5, 5.41) is 17.9. The Hall–Kier alpha value is -2.45. The molecule has 1 aromatic carbocycles. The van der Waals surface area contributed by atoms with E-state index >= 15 is 0 Å². The zero-order valence-corrected chi connectivity index (χ0v) is 14.7. The van der Waals surface area contributed by atoms with Crippen LogP contribution in [0.5, 0.6) is 0 Å². The van der Waals surface area contributed by atoms with Gasteiger partial charge in [0.05, 0.1) is 10.6 Å². The third-order valence-electron chi connectivity index (χ3n) is 3.65. The van der Waals surface area contributed by atoms with E-state index < -0.39 is 4.92 Å². The lowest BCUT2D eigenvalue weighted by Crippen LogP contribution is -2.40. The van der Waals surface area contributed by atoms with Gasteiger partial charge in [-0.1, -0.05) is 25.8 Å². The molecule has 1 aromatic heterocycles. The van der Waals surface area contributed by atoms with E-state index in [1.54, 1.807) is 24.4 Å². The summed E-state index contributed by atoms with van der Waals surface area (Å²) in [4.78, 5) is 22.6. The number of hydrogen-bond acceptors (Lipinski definition) is 5. The zero-order chi connectivity index (χ0) is 17.5. The Morgan fingerprint density at radius 3 is 2.84 bits per heavy atom. The first-order valence-corrected chi connectivity index (χ1v) is 7.86. The molecule has 0 aliphatic heterocycles. The molecule has 0 saturated heterocycles. The SMILES string of the molecule is CCCCC(CN)NC(=O)c1ccn(-c2cccc([N+](=O)[O-])c2)n1.Cl. The highest BCUT2D eigenvalue weighted by molar-refractivity contribution is 5.92. The number of carbonyl (C=O) groups is 1. The predicted molar refractivity (Wildman–Crippen MR) is 97.3 cm³/mol. The fourth-order valence-corrected chi connectivity index (χ4v) is 2.30. The minimum absolute atomic E-state index is 0. The standard InChI is InChI=1S/C16H21N5O3.ClH/c1-2-3-5-12(11-17)18-16(22)15-8-9-20(19-15)13-6-4-7-14(10-13)21(23)24;/h4,6-10,12H,2-3,5,11,17H2,1H3,(H,18,22);1H. The van der Waals surface area contributed by atoms with Gasteiger partial charge in [-0.25, -0.2) is 4.68 Å². The fraction of sp³-hybridized carbons (Fsp3) is 0.375. The van der Waals surface area contributed by atoms with Crippen LogP contribution in [0.1, 0.15) is 36.7 Å². The molecule has 1 unspecified atom stereocenters. The van der Waals surface area contributed by atoms with Crippen molar-refractivity contribution in [1.82, 2.24) is 15.1 Å². The van der Waals surface area contributed by atoms with Gasteiger partial charge >= 0.3 is 0 Å². The van der Waals surface area contributed by atoms with E-state index in [1.165, 1.54) is 16.8 Å². The first-order chi connectivity index (χ1) is 11.5. The number of unbranched alkanes of at least 4 members (excludes halogenated alkanes) is 1. The summed E-state index contributed by atoms with van der Waals surface area (Å²) in [5.74, 6) is -0.300. The van der Waals surface area contributed by atoms with Crippen LogP contribution in [-0.4, -0.2) is 33.2 Å². The van der Waals surface area contributed by atoms with Gasteiger partial charge in [0.2, 0.25) is 0 Å². The van der Waals surface area contributed by atoms with Crippen LogP contribution in [0.15, 0.2) is 36.5 Å². The number of aromatic nitrogens is 2. The molecule has 2 rings (SSSR count). The quantitative estimate of drug-likeness (QED) is 0.549. The van der Waals surface area contributed by atoms with Crippen molar-refractivity contribution in [2.75, 3.05) is 6.54 Å². The number of hydrogen-bond donors (Lipinski definition) is 2. The van der Waals surface area contributed by atoms with Gasteiger partial charge < -0.3 is 11.1 Å². The lowest BCUT2D eigenvalue weighted by Gasteiger charge is -2.15. The molecule has 0 spiro atoms. The smallest absolute Gasteiger partial charge is 0.272 e. The molecule has 9 heteroatoms. The van der Waals surface area contributed by atoms with Gasteiger partial charge in [-0.15, -0.1) is 12.4 Å². The number of nitrogens with zero attached hydrogens (tertiary/aromatic N) is 3. The van der Waals surface area contributed by atoms with Crippen LogP contribution in [0, 0.1) is 10.1 Å². The molecule has 25 heavy (non-hydrogen) atoms. The van der Waals surface area contributed by atoms with Gasteiger partial charge in [-0.3, -0.25) is 14.9 Å². The van der Waals surface area contributed by atoms with Crippen molar-refractivity contribution in [1.29, 1.82) is 0 Å². The summed E-state index contributed by atoms with van der Waals surface area (Å²) in [6.45, 7) is 2.45. The van der Waals surface area contributed by atoms with Gasteiger partial charge in [0.25, 0.3) is 11.6 Å². The molecule has 1 heterocycles. The third kappa shape index (κ3) is 5.54. The molecular formula is C16H22ClN5O3. The summed E-state index contributed by atoms with van der Waals surface area (Å²) >= 11 is 0. The van der Waals surface area contributed by atoms with Crippen molar-refractivity contribution in [2.45, 2.75) is 32.2 Å². The molecule has 136 valence electrons. The first kappa shape index (κ1) is 20.6. The lowest BCUT2D eigenvalue weighted by molar-refractivity contribution is -0.384. The highest BCUT2D eigenvalue weighted by Gasteiger charge is 2.15. The Morgan fingerprint density at radius 1 is 1.44 bits per heavy atom. The molecule has 0 aliphatic rings. The Bertz CT molecular complexity index is 719. The Labute approximate surface area is 152 Å². The summed E-state index contributed by atoms with van der Waals surface area (Å²) in [5.41, 5.74) is 6.41. The average molecular weight is 368 g/mol. The van der Waals surface area contributed by atoms with E-state index in [2.05, 4.69) is 17.3 Å². The number of rotatable bonds is 8. The number of carbonyl (C=O) groups excluding carboxylic acids is 1. The van der Waals surface area contributed by atoms with Gasteiger partial charge in [-0.2, -0.15) is 5.10 Å². The van der Waals surface area contributed by atoms with Crippen LogP contribution in [0.4, 0.5) is 5.69 Å². The zero-order valence-electron chi connectivity index (χ0n) is 13.9. The number of nitrogens with one attached hydrogen (secondary N) is 1. The average Bonchev–Trinajstić information content (AvgIpc) is 3.08. The largest absolute Gasteiger partial charge is 0.347 e. The number of nitro groups is 1. The first-order valence-electron chi connectivity index (χ1n) is 7.86. The lowest BCUT2D eigenvalue weighted by atomic mass is 10.1. The molecule has 8 nitrogen and oxygen atoms in total. The highest BCUT2D eigenvalue weighted by atomic mass is 35.5. The van der Waals surface area contributed by atoms with Crippen LogP contribution in [0.25, 0.3) is 5.69 Å². The van der Waals surface area contributed by atoms with E-state index in [9.17, 15) is 14.9 Å². The van der Waals surface area contributed by atoms with Gasteiger partial charge in [-0.05, 0) is 18.6 Å². The maximum absolute atomic E-state index is 12.2. The van der Waals surface area contributed by atoms with Gasteiger partial charge in [0.15, 0.2) is 5.69 Å². The molecule has 3 N–H and O–H groups in total. The molecular weight excluding hydrogens is 346 g/mol. The highest BCUT2D eigenvalue weighted by Crippen LogP contribution is 2.16. The van der Waals surface area contributed by atoms with Crippen molar-refractivity contribution in [3.63, 3.8) is 0 Å². The number of benzene rings is 1. The van der Waals surface area contributed by atoms with Gasteiger partial charge in [0.1, 0.15) is 0 Å². The van der Waals surface area contributed by atoms with E-state index in [1.807, 2.05) is 0 Å². The van der Waals surface area contributed by atoms with Crippen LogP contribution in [0.3, 0.4) is 0 Å². The molecule has 1 amide bonds. The molecule has 0 fully saturated rings. The maximum atomic E-state index is 12.2. The minimum Gasteiger partial charge on any atom is -0.347 e. The summed E-state index contributed by atoms with van der Waals surface area (Å²) in [6, 6.07) is 7.55. The van der Waals surface area contributed by atoms with Crippen molar-refractivity contribution in [3.05, 3.63) is 52.3 Å². The predicted octanol–water partition coefficient (Wildman–Crippen LogP) is 2.45. The van der Waals surface area contributed by atoms with Crippen LogP contribution in [-0.2, 0) is 0 Å². The van der Waals surface area contributed by atoms with Crippen molar-refractivity contribution >= 4 is 24.0 Å². The number of halogens is 1. The molecule has 0 aliphatic carbocycles. The van der Waals surface area contributed by atoms with E-state index in [-0.39, 0.29) is 35.7 Å². The number of non-ortho nitro benzene ring substituents is 1. The molecule has 2 aromatic rings. The Balaban J connectivity index is 0.00000312. The minimum atomic E-state index is -0.472. The molecule has 1 atom stereocenters. The Morgan fingerprint density at radius 2 is 2.20 bits per heavy atom. The van der Waals surface area contributed by atoms with Crippen LogP contribution in [0.2, 0.25) is 0 Å². The van der Waals surface area contributed by atoms with Crippen molar-refractivity contribution in [2.24, 2.45) is 5.73 Å².